The summed E-state index contributed by atoms with van der Waals surface area (Å²) in [6, 6.07) is 15.7. The van der Waals surface area contributed by atoms with Crippen molar-refractivity contribution in [1.82, 2.24) is 0 Å². The number of nitriles is 1. The zero-order valence-electron chi connectivity index (χ0n) is 9.27. The molecule has 0 fully saturated rings. The van der Waals surface area contributed by atoms with Crippen LogP contribution in [-0.2, 0) is 0 Å². The summed E-state index contributed by atoms with van der Waals surface area (Å²) in [6.45, 7) is 2.05. The number of hydrogen-bond acceptors (Lipinski definition) is 2. The summed E-state index contributed by atoms with van der Waals surface area (Å²) in [5.74, 6) is 0. The third-order valence-corrected chi connectivity index (χ3v) is 3.58. The second kappa shape index (κ2) is 5.27. The number of benzene rings is 2. The van der Waals surface area contributed by atoms with E-state index in [0.717, 1.165) is 9.79 Å². The standard InChI is InChI=1S/C14H10ClNS/c1-10-3-2-4-13(7-10)17-14-6-5-12(15)8-11(14)9-16/h2-8H,1H3. The minimum atomic E-state index is 0.593. The van der Waals surface area contributed by atoms with Gasteiger partial charge in [-0.2, -0.15) is 5.26 Å². The van der Waals surface area contributed by atoms with Crippen LogP contribution in [0.2, 0.25) is 5.02 Å². The number of rotatable bonds is 2. The number of hydrogen-bond donors (Lipinski definition) is 0. The van der Waals surface area contributed by atoms with Gasteiger partial charge in [0.2, 0.25) is 0 Å². The van der Waals surface area contributed by atoms with E-state index in [0.29, 0.717) is 10.6 Å². The van der Waals surface area contributed by atoms with Gasteiger partial charge in [0.05, 0.1) is 5.56 Å². The molecular formula is C14H10ClNS. The molecule has 0 saturated heterocycles. The summed E-state index contributed by atoms with van der Waals surface area (Å²) >= 11 is 7.44. The van der Waals surface area contributed by atoms with Gasteiger partial charge in [-0.25, -0.2) is 0 Å². The third kappa shape index (κ3) is 3.03. The van der Waals surface area contributed by atoms with Crippen molar-refractivity contribution >= 4 is 23.4 Å². The molecule has 0 saturated carbocycles. The fourth-order valence-corrected chi connectivity index (χ4v) is 2.65. The van der Waals surface area contributed by atoms with Crippen molar-refractivity contribution < 1.29 is 0 Å². The summed E-state index contributed by atoms with van der Waals surface area (Å²) in [5, 5.41) is 9.65. The highest BCUT2D eigenvalue weighted by atomic mass is 35.5. The Bertz CT molecular complexity index is 587. The SMILES string of the molecule is Cc1cccc(Sc2ccc(Cl)cc2C#N)c1. The summed E-state index contributed by atoms with van der Waals surface area (Å²) in [5.41, 5.74) is 1.83. The lowest BCUT2D eigenvalue weighted by Crippen LogP contribution is -1.82. The van der Waals surface area contributed by atoms with Crippen LogP contribution in [0.1, 0.15) is 11.1 Å². The van der Waals surface area contributed by atoms with Gasteiger partial charge in [0.25, 0.3) is 0 Å². The lowest BCUT2D eigenvalue weighted by atomic mass is 10.2. The van der Waals surface area contributed by atoms with E-state index in [1.165, 1.54) is 5.56 Å². The van der Waals surface area contributed by atoms with Gasteiger partial charge in [-0.3, -0.25) is 0 Å². The van der Waals surface area contributed by atoms with Gasteiger partial charge in [-0.15, -0.1) is 0 Å². The van der Waals surface area contributed by atoms with Crippen molar-refractivity contribution in [2.45, 2.75) is 16.7 Å². The Morgan fingerprint density at radius 2 is 2.00 bits per heavy atom. The molecule has 17 heavy (non-hydrogen) atoms. The van der Waals surface area contributed by atoms with Crippen molar-refractivity contribution in [1.29, 1.82) is 5.26 Å². The molecule has 2 rings (SSSR count). The fourth-order valence-electron chi connectivity index (χ4n) is 1.48. The van der Waals surface area contributed by atoms with Crippen LogP contribution >= 0.6 is 23.4 Å². The van der Waals surface area contributed by atoms with Crippen LogP contribution in [0.25, 0.3) is 0 Å². The van der Waals surface area contributed by atoms with Gasteiger partial charge in [-0.1, -0.05) is 41.1 Å². The fraction of sp³-hybridized carbons (Fsp3) is 0.0714. The molecule has 0 unspecified atom stereocenters. The minimum Gasteiger partial charge on any atom is -0.192 e. The Kier molecular flexibility index (Phi) is 3.73. The smallest absolute Gasteiger partial charge is 0.100 e. The molecule has 0 radical (unpaired) electrons. The first-order valence-corrected chi connectivity index (χ1v) is 6.32. The van der Waals surface area contributed by atoms with E-state index in [9.17, 15) is 0 Å². The average molecular weight is 260 g/mol. The molecule has 0 heterocycles. The summed E-state index contributed by atoms with van der Waals surface area (Å²) in [6.07, 6.45) is 0. The van der Waals surface area contributed by atoms with E-state index >= 15 is 0 Å². The van der Waals surface area contributed by atoms with Gasteiger partial charge >= 0.3 is 0 Å². The molecule has 0 bridgehead atoms. The summed E-state index contributed by atoms with van der Waals surface area (Å²) in [7, 11) is 0. The normalized spacial score (nSPS) is 9.94. The molecule has 0 aliphatic carbocycles. The molecule has 84 valence electrons. The largest absolute Gasteiger partial charge is 0.192 e. The van der Waals surface area contributed by atoms with Crippen molar-refractivity contribution in [3.63, 3.8) is 0 Å². The van der Waals surface area contributed by atoms with Crippen LogP contribution in [0.4, 0.5) is 0 Å². The quantitative estimate of drug-likeness (QED) is 0.782. The summed E-state index contributed by atoms with van der Waals surface area (Å²) in [4.78, 5) is 2.06. The van der Waals surface area contributed by atoms with Crippen LogP contribution < -0.4 is 0 Å². The van der Waals surface area contributed by atoms with Gasteiger partial charge in [0, 0.05) is 14.8 Å². The van der Waals surface area contributed by atoms with E-state index in [1.807, 2.05) is 18.2 Å². The average Bonchev–Trinajstić information content (AvgIpc) is 2.31. The molecule has 0 spiro atoms. The molecular weight excluding hydrogens is 250 g/mol. The molecule has 0 amide bonds. The maximum absolute atomic E-state index is 9.05. The van der Waals surface area contributed by atoms with Crippen molar-refractivity contribution in [2.24, 2.45) is 0 Å². The van der Waals surface area contributed by atoms with E-state index in [1.54, 1.807) is 23.9 Å². The lowest BCUT2D eigenvalue weighted by Gasteiger charge is -2.05. The predicted molar refractivity (Wildman–Crippen MR) is 71.5 cm³/mol. The zero-order valence-corrected chi connectivity index (χ0v) is 10.8. The highest BCUT2D eigenvalue weighted by Gasteiger charge is 2.05. The summed E-state index contributed by atoms with van der Waals surface area (Å²) < 4.78 is 0. The predicted octanol–water partition coefficient (Wildman–Crippen LogP) is 4.67. The molecule has 0 aromatic heterocycles. The van der Waals surface area contributed by atoms with E-state index in [4.69, 9.17) is 16.9 Å². The first-order valence-electron chi connectivity index (χ1n) is 5.13. The molecule has 3 heteroatoms. The second-order valence-corrected chi connectivity index (χ2v) is 5.22. The van der Waals surface area contributed by atoms with Crippen LogP contribution in [0.15, 0.2) is 52.3 Å². The van der Waals surface area contributed by atoms with Crippen LogP contribution in [0.3, 0.4) is 0 Å². The van der Waals surface area contributed by atoms with Gasteiger partial charge in [0.1, 0.15) is 6.07 Å². The Morgan fingerprint density at radius 1 is 1.18 bits per heavy atom. The van der Waals surface area contributed by atoms with E-state index < -0.39 is 0 Å². The molecule has 0 aliphatic heterocycles. The van der Waals surface area contributed by atoms with E-state index in [-0.39, 0.29) is 0 Å². The van der Waals surface area contributed by atoms with Gasteiger partial charge < -0.3 is 0 Å². The molecule has 0 atom stereocenters. The van der Waals surface area contributed by atoms with Gasteiger partial charge in [-0.05, 0) is 37.3 Å². The molecule has 0 N–H and O–H groups in total. The highest BCUT2D eigenvalue weighted by molar-refractivity contribution is 7.99. The van der Waals surface area contributed by atoms with Crippen LogP contribution in [0.5, 0.6) is 0 Å². The number of aryl methyl sites for hydroxylation is 1. The van der Waals surface area contributed by atoms with E-state index in [2.05, 4.69) is 25.1 Å². The molecule has 2 aromatic carbocycles. The first-order chi connectivity index (χ1) is 8.19. The Balaban J connectivity index is 2.34. The third-order valence-electron chi connectivity index (χ3n) is 2.28. The van der Waals surface area contributed by atoms with Crippen LogP contribution in [0, 0.1) is 18.3 Å². The number of halogens is 1. The van der Waals surface area contributed by atoms with Crippen molar-refractivity contribution in [3.05, 3.63) is 58.6 Å². The van der Waals surface area contributed by atoms with Gasteiger partial charge in [0.15, 0.2) is 0 Å². The highest BCUT2D eigenvalue weighted by Crippen LogP contribution is 2.31. The Hall–Kier alpha value is -1.43. The Morgan fingerprint density at radius 3 is 2.71 bits per heavy atom. The second-order valence-electron chi connectivity index (χ2n) is 3.67. The first kappa shape index (κ1) is 12.0. The number of nitrogens with zero attached hydrogens (tertiary/aromatic N) is 1. The molecule has 1 nitrogen and oxygen atoms in total. The van der Waals surface area contributed by atoms with Crippen molar-refractivity contribution in [3.8, 4) is 6.07 Å². The monoisotopic (exact) mass is 259 g/mol. The lowest BCUT2D eigenvalue weighted by molar-refractivity contribution is 1.33. The maximum Gasteiger partial charge on any atom is 0.100 e. The minimum absolute atomic E-state index is 0.593. The Labute approximate surface area is 110 Å². The maximum atomic E-state index is 9.05. The molecule has 2 aromatic rings. The topological polar surface area (TPSA) is 23.8 Å². The van der Waals surface area contributed by atoms with Crippen molar-refractivity contribution in [2.75, 3.05) is 0 Å². The molecule has 0 aliphatic rings. The zero-order chi connectivity index (χ0) is 12.3. The van der Waals surface area contributed by atoms with Crippen LogP contribution in [-0.4, -0.2) is 0 Å².